The van der Waals surface area contributed by atoms with Crippen LogP contribution >= 0.6 is 0 Å². The molecule has 0 fully saturated rings. The van der Waals surface area contributed by atoms with Gasteiger partial charge in [-0.05, 0) is 36.1 Å². The van der Waals surface area contributed by atoms with Gasteiger partial charge in [0.15, 0.2) is 0 Å². The molecule has 0 saturated carbocycles. The minimum atomic E-state index is -0.0241. The first-order valence-electron chi connectivity index (χ1n) is 9.04. The molecule has 134 valence electrons. The SMILES string of the molecule is O=C(CCCCCCOc1cccc(-c2ccccc2)c1)c1ncco1. The summed E-state index contributed by atoms with van der Waals surface area (Å²) in [4.78, 5) is 15.6. The fourth-order valence-electron chi connectivity index (χ4n) is 2.80. The van der Waals surface area contributed by atoms with Crippen molar-refractivity contribution >= 4 is 5.78 Å². The van der Waals surface area contributed by atoms with Crippen molar-refractivity contribution in [3.63, 3.8) is 0 Å². The molecular formula is C22H23NO3. The number of unbranched alkanes of at least 4 members (excludes halogenated alkanes) is 3. The van der Waals surface area contributed by atoms with E-state index in [4.69, 9.17) is 9.15 Å². The number of aromatic nitrogens is 1. The summed E-state index contributed by atoms with van der Waals surface area (Å²) >= 11 is 0. The van der Waals surface area contributed by atoms with Gasteiger partial charge >= 0.3 is 0 Å². The molecule has 3 rings (SSSR count). The summed E-state index contributed by atoms with van der Waals surface area (Å²) in [6, 6.07) is 18.5. The zero-order valence-electron chi connectivity index (χ0n) is 14.8. The number of benzene rings is 2. The Morgan fingerprint density at radius 3 is 2.54 bits per heavy atom. The predicted molar refractivity (Wildman–Crippen MR) is 101 cm³/mol. The molecule has 1 aromatic heterocycles. The van der Waals surface area contributed by atoms with Crippen LogP contribution in [-0.2, 0) is 0 Å². The van der Waals surface area contributed by atoms with E-state index in [2.05, 4.69) is 29.2 Å². The van der Waals surface area contributed by atoms with Gasteiger partial charge in [0, 0.05) is 6.42 Å². The van der Waals surface area contributed by atoms with Gasteiger partial charge in [-0.1, -0.05) is 55.3 Å². The fourth-order valence-corrected chi connectivity index (χ4v) is 2.80. The third-order valence-corrected chi connectivity index (χ3v) is 4.18. The summed E-state index contributed by atoms with van der Waals surface area (Å²) in [6.07, 6.45) is 7.28. The summed E-state index contributed by atoms with van der Waals surface area (Å²) in [5.74, 6) is 1.08. The zero-order chi connectivity index (χ0) is 18.0. The van der Waals surface area contributed by atoms with Crippen LogP contribution in [0.5, 0.6) is 5.75 Å². The number of hydrogen-bond acceptors (Lipinski definition) is 4. The number of rotatable bonds is 10. The highest BCUT2D eigenvalue weighted by molar-refractivity contribution is 5.91. The molecule has 0 aliphatic rings. The zero-order valence-corrected chi connectivity index (χ0v) is 14.8. The Kier molecular flexibility index (Phi) is 6.59. The van der Waals surface area contributed by atoms with Gasteiger partial charge in [0.1, 0.15) is 12.0 Å². The van der Waals surface area contributed by atoms with Crippen LogP contribution in [0.4, 0.5) is 0 Å². The van der Waals surface area contributed by atoms with E-state index in [1.54, 1.807) is 0 Å². The Labute approximate surface area is 153 Å². The highest BCUT2D eigenvalue weighted by atomic mass is 16.5. The second-order valence-corrected chi connectivity index (χ2v) is 6.17. The van der Waals surface area contributed by atoms with Gasteiger partial charge in [-0.15, -0.1) is 0 Å². The summed E-state index contributed by atoms with van der Waals surface area (Å²) in [5.41, 5.74) is 2.35. The van der Waals surface area contributed by atoms with E-state index >= 15 is 0 Å². The second kappa shape index (κ2) is 9.56. The quantitative estimate of drug-likeness (QED) is 0.355. The van der Waals surface area contributed by atoms with E-state index in [1.165, 1.54) is 18.0 Å². The van der Waals surface area contributed by atoms with Crippen molar-refractivity contribution in [2.75, 3.05) is 6.61 Å². The minimum absolute atomic E-state index is 0.0241. The fraction of sp³-hybridized carbons (Fsp3) is 0.273. The van der Waals surface area contributed by atoms with Gasteiger partial charge in [-0.2, -0.15) is 0 Å². The van der Waals surface area contributed by atoms with Crippen LogP contribution < -0.4 is 4.74 Å². The standard InChI is InChI=1S/C22H23NO3/c24-21(22-23-14-16-26-22)13-6-1-2-7-15-25-20-12-8-11-19(17-20)18-9-4-3-5-10-18/h3-5,8-12,14,16-17H,1-2,6-7,13,15H2. The average molecular weight is 349 g/mol. The molecule has 1 heterocycles. The Morgan fingerprint density at radius 2 is 1.73 bits per heavy atom. The van der Waals surface area contributed by atoms with Crippen molar-refractivity contribution in [2.45, 2.75) is 32.1 Å². The lowest BCUT2D eigenvalue weighted by Gasteiger charge is -2.08. The molecule has 0 bridgehead atoms. The number of nitrogens with zero attached hydrogens (tertiary/aromatic N) is 1. The number of hydrogen-bond donors (Lipinski definition) is 0. The average Bonchev–Trinajstić information content (AvgIpc) is 3.23. The highest BCUT2D eigenvalue weighted by Crippen LogP contribution is 2.23. The Balaban J connectivity index is 1.33. The van der Waals surface area contributed by atoms with Crippen molar-refractivity contribution in [2.24, 2.45) is 0 Å². The first-order valence-corrected chi connectivity index (χ1v) is 9.04. The summed E-state index contributed by atoms with van der Waals surface area (Å²) in [6.45, 7) is 0.686. The number of ketones is 1. The third kappa shape index (κ3) is 5.31. The predicted octanol–water partition coefficient (Wildman–Crippen LogP) is 5.55. The van der Waals surface area contributed by atoms with Gasteiger partial charge in [0.25, 0.3) is 5.89 Å². The molecule has 0 aliphatic carbocycles. The van der Waals surface area contributed by atoms with Crippen molar-refractivity contribution < 1.29 is 13.9 Å². The van der Waals surface area contributed by atoms with Crippen molar-refractivity contribution in [1.82, 2.24) is 4.98 Å². The number of ether oxygens (including phenoxy) is 1. The molecule has 0 aliphatic heterocycles. The third-order valence-electron chi connectivity index (χ3n) is 4.18. The molecular weight excluding hydrogens is 326 g/mol. The molecule has 4 nitrogen and oxygen atoms in total. The van der Waals surface area contributed by atoms with Gasteiger partial charge in [0.05, 0.1) is 12.8 Å². The molecule has 3 aromatic rings. The van der Waals surface area contributed by atoms with Crippen molar-refractivity contribution in [3.05, 3.63) is 72.9 Å². The van der Waals surface area contributed by atoms with E-state index in [1.807, 2.05) is 30.3 Å². The number of Topliss-reactive ketones (excluding diaryl/α,β-unsaturated/α-hetero) is 1. The lowest BCUT2D eigenvalue weighted by molar-refractivity contribution is 0.0945. The van der Waals surface area contributed by atoms with Crippen LogP contribution in [0.25, 0.3) is 11.1 Å². The van der Waals surface area contributed by atoms with Crippen LogP contribution in [0.1, 0.15) is 42.8 Å². The monoisotopic (exact) mass is 349 g/mol. The van der Waals surface area contributed by atoms with Crippen LogP contribution in [0.3, 0.4) is 0 Å². The largest absolute Gasteiger partial charge is 0.494 e. The van der Waals surface area contributed by atoms with Crippen molar-refractivity contribution in [1.29, 1.82) is 0 Å². The van der Waals surface area contributed by atoms with Gasteiger partial charge in [0.2, 0.25) is 5.78 Å². The minimum Gasteiger partial charge on any atom is -0.494 e. The van der Waals surface area contributed by atoms with Gasteiger partial charge in [-0.3, -0.25) is 4.79 Å². The highest BCUT2D eigenvalue weighted by Gasteiger charge is 2.09. The number of carbonyl (C=O) groups excluding carboxylic acids is 1. The maximum atomic E-state index is 11.7. The molecule has 0 unspecified atom stereocenters. The molecule has 0 amide bonds. The smallest absolute Gasteiger partial charge is 0.263 e. The first kappa shape index (κ1) is 17.9. The van der Waals surface area contributed by atoms with Crippen LogP contribution in [-0.4, -0.2) is 17.4 Å². The molecule has 26 heavy (non-hydrogen) atoms. The maximum Gasteiger partial charge on any atom is 0.263 e. The number of oxazole rings is 1. The van der Waals surface area contributed by atoms with Crippen LogP contribution in [0.15, 0.2) is 71.5 Å². The van der Waals surface area contributed by atoms with E-state index in [-0.39, 0.29) is 11.7 Å². The number of carbonyl (C=O) groups is 1. The van der Waals surface area contributed by atoms with E-state index in [9.17, 15) is 4.79 Å². The van der Waals surface area contributed by atoms with E-state index in [0.29, 0.717) is 13.0 Å². The van der Waals surface area contributed by atoms with Gasteiger partial charge < -0.3 is 9.15 Å². The van der Waals surface area contributed by atoms with E-state index < -0.39 is 0 Å². The first-order chi connectivity index (χ1) is 12.8. The topological polar surface area (TPSA) is 52.3 Å². The molecule has 4 heteroatoms. The molecule has 0 radical (unpaired) electrons. The van der Waals surface area contributed by atoms with Crippen molar-refractivity contribution in [3.8, 4) is 16.9 Å². The summed E-state index contributed by atoms with van der Waals surface area (Å²) in [7, 11) is 0. The van der Waals surface area contributed by atoms with Crippen LogP contribution in [0.2, 0.25) is 0 Å². The molecule has 0 spiro atoms. The van der Waals surface area contributed by atoms with Crippen LogP contribution in [0, 0.1) is 0 Å². The molecule has 2 aromatic carbocycles. The Hall–Kier alpha value is -2.88. The van der Waals surface area contributed by atoms with Gasteiger partial charge in [-0.25, -0.2) is 4.98 Å². The lowest BCUT2D eigenvalue weighted by atomic mass is 10.1. The summed E-state index contributed by atoms with van der Waals surface area (Å²) < 4.78 is 10.9. The lowest BCUT2D eigenvalue weighted by Crippen LogP contribution is -2.00. The maximum absolute atomic E-state index is 11.7. The molecule has 0 atom stereocenters. The summed E-state index contributed by atoms with van der Waals surface area (Å²) in [5, 5.41) is 0. The Morgan fingerprint density at radius 1 is 0.923 bits per heavy atom. The van der Waals surface area contributed by atoms with E-state index in [0.717, 1.165) is 37.0 Å². The molecule has 0 saturated heterocycles. The molecule has 0 N–H and O–H groups in total. The Bertz CT molecular complexity index is 797. The normalized spacial score (nSPS) is 10.6. The second-order valence-electron chi connectivity index (χ2n) is 6.17.